The maximum atomic E-state index is 11.5. The molecule has 1 aromatic heterocycles. The molecule has 0 saturated heterocycles. The van der Waals surface area contributed by atoms with Crippen molar-refractivity contribution in [3.8, 4) is 0 Å². The van der Waals surface area contributed by atoms with Crippen LogP contribution < -0.4 is 11.1 Å². The standard InChI is InChI=1S/C11H17N3O4S/c1-3-17-11(16)8(12)5-19-6-10(15)13-9-4-7(2)18-14-9/h4,8H,3,5-6,12H2,1-2H3,(H,13,14,15). The summed E-state index contributed by atoms with van der Waals surface area (Å²) < 4.78 is 9.57. The molecule has 0 aromatic carbocycles. The van der Waals surface area contributed by atoms with Gasteiger partial charge in [0.25, 0.3) is 0 Å². The average molecular weight is 287 g/mol. The lowest BCUT2D eigenvalue weighted by atomic mass is 10.4. The second-order valence-electron chi connectivity index (χ2n) is 3.74. The van der Waals surface area contributed by atoms with Crippen LogP contribution in [0.25, 0.3) is 0 Å². The van der Waals surface area contributed by atoms with Crippen LogP contribution in [0.15, 0.2) is 10.6 Å². The van der Waals surface area contributed by atoms with Crippen molar-refractivity contribution in [2.45, 2.75) is 19.9 Å². The Balaban J connectivity index is 2.22. The fourth-order valence-electron chi connectivity index (χ4n) is 1.20. The highest BCUT2D eigenvalue weighted by Crippen LogP contribution is 2.09. The molecular weight excluding hydrogens is 270 g/mol. The van der Waals surface area contributed by atoms with Crippen LogP contribution in [0.5, 0.6) is 0 Å². The Kier molecular flexibility index (Phi) is 6.37. The van der Waals surface area contributed by atoms with E-state index in [0.717, 1.165) is 0 Å². The fraction of sp³-hybridized carbons (Fsp3) is 0.545. The molecule has 1 atom stereocenters. The summed E-state index contributed by atoms with van der Waals surface area (Å²) in [5, 5.41) is 6.21. The molecule has 1 rings (SSSR count). The van der Waals surface area contributed by atoms with Gasteiger partial charge in [-0.15, -0.1) is 11.8 Å². The first-order chi connectivity index (χ1) is 9.02. The van der Waals surface area contributed by atoms with Crippen LogP contribution in [0.4, 0.5) is 5.82 Å². The Labute approximate surface area is 115 Å². The van der Waals surface area contributed by atoms with Gasteiger partial charge in [0.1, 0.15) is 11.8 Å². The minimum absolute atomic E-state index is 0.180. The van der Waals surface area contributed by atoms with Crippen molar-refractivity contribution >= 4 is 29.5 Å². The third-order valence-corrected chi connectivity index (χ3v) is 3.08. The summed E-state index contributed by atoms with van der Waals surface area (Å²) in [4.78, 5) is 22.8. The van der Waals surface area contributed by atoms with Gasteiger partial charge in [0, 0.05) is 11.8 Å². The summed E-state index contributed by atoms with van der Waals surface area (Å²) in [5.74, 6) is 0.810. The molecule has 0 aliphatic heterocycles. The Bertz CT molecular complexity index is 435. The monoisotopic (exact) mass is 287 g/mol. The van der Waals surface area contributed by atoms with Crippen molar-refractivity contribution < 1.29 is 18.8 Å². The summed E-state index contributed by atoms with van der Waals surface area (Å²) >= 11 is 1.25. The predicted octanol–water partition coefficient (Wildman–Crippen LogP) is 0.545. The molecule has 0 radical (unpaired) electrons. The van der Waals surface area contributed by atoms with E-state index in [1.807, 2.05) is 0 Å². The highest BCUT2D eigenvalue weighted by molar-refractivity contribution is 8.00. The van der Waals surface area contributed by atoms with Gasteiger partial charge in [0.05, 0.1) is 12.4 Å². The third kappa shape index (κ3) is 5.75. The Morgan fingerprint density at radius 1 is 1.63 bits per heavy atom. The van der Waals surface area contributed by atoms with Crippen molar-refractivity contribution in [3.63, 3.8) is 0 Å². The van der Waals surface area contributed by atoms with Gasteiger partial charge in [-0.3, -0.25) is 9.59 Å². The van der Waals surface area contributed by atoms with Gasteiger partial charge in [-0.25, -0.2) is 0 Å². The van der Waals surface area contributed by atoms with E-state index in [1.165, 1.54) is 11.8 Å². The molecule has 0 bridgehead atoms. The highest BCUT2D eigenvalue weighted by Gasteiger charge is 2.15. The molecular formula is C11H17N3O4S. The van der Waals surface area contributed by atoms with Crippen LogP contribution in [-0.4, -0.2) is 41.2 Å². The van der Waals surface area contributed by atoms with Crippen molar-refractivity contribution in [1.29, 1.82) is 0 Å². The topological polar surface area (TPSA) is 107 Å². The number of rotatable bonds is 7. The molecule has 3 N–H and O–H groups in total. The summed E-state index contributed by atoms with van der Waals surface area (Å²) in [5.41, 5.74) is 5.59. The molecule has 0 saturated carbocycles. The van der Waals surface area contributed by atoms with E-state index in [9.17, 15) is 9.59 Å². The van der Waals surface area contributed by atoms with Crippen molar-refractivity contribution in [2.75, 3.05) is 23.4 Å². The first-order valence-corrected chi connectivity index (χ1v) is 6.91. The van der Waals surface area contributed by atoms with E-state index in [4.69, 9.17) is 15.0 Å². The fourth-order valence-corrected chi connectivity index (χ4v) is 1.97. The van der Waals surface area contributed by atoms with Crippen LogP contribution >= 0.6 is 11.8 Å². The van der Waals surface area contributed by atoms with E-state index < -0.39 is 12.0 Å². The number of hydrogen-bond donors (Lipinski definition) is 2. The van der Waals surface area contributed by atoms with Crippen molar-refractivity contribution in [3.05, 3.63) is 11.8 Å². The van der Waals surface area contributed by atoms with Gasteiger partial charge in [-0.2, -0.15) is 0 Å². The van der Waals surface area contributed by atoms with Gasteiger partial charge in [0.2, 0.25) is 5.91 Å². The Morgan fingerprint density at radius 2 is 2.37 bits per heavy atom. The Hall–Kier alpha value is -1.54. The minimum atomic E-state index is -0.716. The molecule has 19 heavy (non-hydrogen) atoms. The van der Waals surface area contributed by atoms with Crippen LogP contribution in [0.3, 0.4) is 0 Å². The van der Waals surface area contributed by atoms with Gasteiger partial charge < -0.3 is 20.3 Å². The molecule has 1 aromatic rings. The molecule has 1 amide bonds. The number of carbonyl (C=O) groups excluding carboxylic acids is 2. The summed E-state index contributed by atoms with van der Waals surface area (Å²) in [6, 6.07) is 0.902. The number of aromatic nitrogens is 1. The zero-order chi connectivity index (χ0) is 14.3. The summed E-state index contributed by atoms with van der Waals surface area (Å²) in [6.45, 7) is 3.74. The maximum Gasteiger partial charge on any atom is 0.323 e. The molecule has 8 heteroatoms. The van der Waals surface area contributed by atoms with Crippen LogP contribution in [0.1, 0.15) is 12.7 Å². The molecule has 0 spiro atoms. The van der Waals surface area contributed by atoms with Crippen molar-refractivity contribution in [1.82, 2.24) is 5.16 Å². The number of anilines is 1. The van der Waals surface area contributed by atoms with E-state index in [-0.39, 0.29) is 11.7 Å². The quantitative estimate of drug-likeness (QED) is 0.705. The number of carbonyl (C=O) groups is 2. The maximum absolute atomic E-state index is 11.5. The highest BCUT2D eigenvalue weighted by atomic mass is 32.2. The summed E-state index contributed by atoms with van der Waals surface area (Å²) in [7, 11) is 0. The van der Waals surface area contributed by atoms with Gasteiger partial charge >= 0.3 is 5.97 Å². The number of esters is 1. The number of thioether (sulfide) groups is 1. The molecule has 0 fully saturated rings. The Morgan fingerprint density at radius 3 is 2.95 bits per heavy atom. The average Bonchev–Trinajstić information content (AvgIpc) is 2.74. The van der Waals surface area contributed by atoms with Gasteiger partial charge in [0.15, 0.2) is 5.82 Å². The number of hydrogen-bond acceptors (Lipinski definition) is 7. The lowest BCUT2D eigenvalue weighted by molar-refractivity contribution is -0.144. The molecule has 0 aliphatic rings. The second-order valence-corrected chi connectivity index (χ2v) is 4.77. The molecule has 106 valence electrons. The lowest BCUT2D eigenvalue weighted by Crippen LogP contribution is -2.35. The predicted molar refractivity (Wildman–Crippen MR) is 71.8 cm³/mol. The largest absolute Gasteiger partial charge is 0.465 e. The third-order valence-electron chi connectivity index (χ3n) is 2.02. The summed E-state index contributed by atoms with van der Waals surface area (Å²) in [6.07, 6.45) is 0. The number of aryl methyl sites for hydroxylation is 1. The zero-order valence-corrected chi connectivity index (χ0v) is 11.7. The molecule has 7 nitrogen and oxygen atoms in total. The molecule has 0 aliphatic carbocycles. The normalized spacial score (nSPS) is 11.9. The van der Waals surface area contributed by atoms with Crippen LogP contribution in [0.2, 0.25) is 0 Å². The van der Waals surface area contributed by atoms with E-state index in [0.29, 0.717) is 23.9 Å². The molecule has 1 heterocycles. The van der Waals surface area contributed by atoms with E-state index in [1.54, 1.807) is 19.9 Å². The molecule has 1 unspecified atom stereocenters. The lowest BCUT2D eigenvalue weighted by Gasteiger charge is -2.09. The van der Waals surface area contributed by atoms with Gasteiger partial charge in [-0.05, 0) is 13.8 Å². The number of ether oxygens (including phenoxy) is 1. The smallest absolute Gasteiger partial charge is 0.323 e. The number of amides is 1. The number of nitrogens with two attached hydrogens (primary N) is 1. The minimum Gasteiger partial charge on any atom is -0.465 e. The van der Waals surface area contributed by atoms with Crippen LogP contribution in [0, 0.1) is 6.92 Å². The van der Waals surface area contributed by atoms with Crippen molar-refractivity contribution in [2.24, 2.45) is 5.73 Å². The number of nitrogens with one attached hydrogen (secondary N) is 1. The van der Waals surface area contributed by atoms with E-state index in [2.05, 4.69) is 10.5 Å². The number of nitrogens with zero attached hydrogens (tertiary/aromatic N) is 1. The first kappa shape index (κ1) is 15.5. The van der Waals surface area contributed by atoms with Crippen LogP contribution in [-0.2, 0) is 14.3 Å². The van der Waals surface area contributed by atoms with Gasteiger partial charge in [-0.1, -0.05) is 5.16 Å². The zero-order valence-electron chi connectivity index (χ0n) is 10.8. The van der Waals surface area contributed by atoms with E-state index >= 15 is 0 Å². The SMILES string of the molecule is CCOC(=O)C(N)CSCC(=O)Nc1cc(C)on1. The second kappa shape index (κ2) is 7.80. The first-order valence-electron chi connectivity index (χ1n) is 5.76.